The summed E-state index contributed by atoms with van der Waals surface area (Å²) < 4.78 is 17.9. The monoisotopic (exact) mass is 510 g/mol. The Hall–Kier alpha value is -4.22. The summed E-state index contributed by atoms with van der Waals surface area (Å²) in [7, 11) is 1.51. The molecule has 8 nitrogen and oxygen atoms in total. The first-order valence-corrected chi connectivity index (χ1v) is 12.6. The van der Waals surface area contributed by atoms with Gasteiger partial charge >= 0.3 is 0 Å². The van der Waals surface area contributed by atoms with Crippen LogP contribution in [0.2, 0.25) is 0 Å². The van der Waals surface area contributed by atoms with Crippen molar-refractivity contribution in [1.29, 1.82) is 5.26 Å². The predicted octanol–water partition coefficient (Wildman–Crippen LogP) is 4.43. The number of benzene rings is 3. The Morgan fingerprint density at radius 1 is 1.05 bits per heavy atom. The highest BCUT2D eigenvalue weighted by Crippen LogP contribution is 2.62. The molecule has 4 atom stereocenters. The predicted molar refractivity (Wildman–Crippen MR) is 138 cm³/mol. The molecule has 3 saturated heterocycles. The van der Waals surface area contributed by atoms with Crippen molar-refractivity contribution >= 4 is 34.6 Å². The minimum Gasteiger partial charge on any atom is -0.493 e. The number of fused-ring (bicyclic) bond motifs is 6. The molecule has 0 N–H and O–H groups in total. The van der Waals surface area contributed by atoms with Crippen molar-refractivity contribution in [3.05, 3.63) is 65.7 Å². The summed E-state index contributed by atoms with van der Waals surface area (Å²) >= 11 is 0. The number of nitriles is 1. The van der Waals surface area contributed by atoms with Crippen LogP contribution in [0.5, 0.6) is 11.5 Å². The molecule has 8 heteroatoms. The Balaban J connectivity index is 1.31. The Morgan fingerprint density at radius 2 is 1.82 bits per heavy atom. The van der Waals surface area contributed by atoms with E-state index >= 15 is 0 Å². The molecule has 3 aliphatic rings. The van der Waals surface area contributed by atoms with E-state index in [0.717, 1.165) is 6.29 Å². The average molecular weight is 511 g/mol. The first-order chi connectivity index (χ1) is 18.4. The molecule has 3 fully saturated rings. The molecular formula is C30H26N2O6. The van der Waals surface area contributed by atoms with Crippen LogP contribution in [0, 0.1) is 23.2 Å². The Morgan fingerprint density at radius 3 is 2.55 bits per heavy atom. The number of anilines is 1. The van der Waals surface area contributed by atoms with Gasteiger partial charge in [0.25, 0.3) is 0 Å². The van der Waals surface area contributed by atoms with Crippen molar-refractivity contribution in [3.8, 4) is 17.6 Å². The number of rotatable bonds is 7. The van der Waals surface area contributed by atoms with Crippen LogP contribution in [-0.2, 0) is 14.3 Å². The van der Waals surface area contributed by atoms with E-state index in [9.17, 15) is 19.6 Å². The summed E-state index contributed by atoms with van der Waals surface area (Å²) in [6.45, 7) is 2.17. The SMILES string of the molecule is COc1cc(C=O)ccc1OCC[C@]12CC[C@](C)(O1)[C@@H]1C(=O)N(c3ccc(C#N)c4ccccc34)C(=O)[C@@H]12. The topological polar surface area (TPSA) is 106 Å². The minimum absolute atomic E-state index is 0.247. The van der Waals surface area contributed by atoms with Gasteiger partial charge in [-0.15, -0.1) is 0 Å². The maximum atomic E-state index is 14.0. The third-order valence-corrected chi connectivity index (χ3v) is 8.38. The maximum Gasteiger partial charge on any atom is 0.240 e. The Labute approximate surface area is 219 Å². The quantitative estimate of drug-likeness (QED) is 0.342. The lowest BCUT2D eigenvalue weighted by Crippen LogP contribution is -2.43. The number of nitrogens with zero attached hydrogens (tertiary/aromatic N) is 2. The highest BCUT2D eigenvalue weighted by molar-refractivity contribution is 6.26. The van der Waals surface area contributed by atoms with Gasteiger partial charge in [0.2, 0.25) is 11.8 Å². The number of aldehydes is 1. The molecule has 0 unspecified atom stereocenters. The molecule has 2 amide bonds. The van der Waals surface area contributed by atoms with Crippen LogP contribution in [0.1, 0.15) is 42.1 Å². The van der Waals surface area contributed by atoms with Crippen LogP contribution in [0.25, 0.3) is 10.8 Å². The van der Waals surface area contributed by atoms with Gasteiger partial charge in [-0.2, -0.15) is 5.26 Å². The maximum absolute atomic E-state index is 14.0. The van der Waals surface area contributed by atoms with Gasteiger partial charge in [-0.3, -0.25) is 14.4 Å². The van der Waals surface area contributed by atoms with Crippen molar-refractivity contribution in [1.82, 2.24) is 0 Å². The van der Waals surface area contributed by atoms with Gasteiger partial charge in [0, 0.05) is 22.8 Å². The highest BCUT2D eigenvalue weighted by Gasteiger charge is 2.73. The summed E-state index contributed by atoms with van der Waals surface area (Å²) in [5.41, 5.74) is -0.0913. The standard InChI is InChI=1S/C30H26N2O6/c1-29-11-12-30(38-29,13-14-37-23-10-7-18(17-33)15-24(23)36-2)26-25(29)27(34)32(28(26)35)22-9-8-19(16-31)20-5-3-4-6-21(20)22/h3-10,15,17,25-26H,11-14H2,1-2H3/t25-,26+,29-,30-/m0/s1. The van der Waals surface area contributed by atoms with Gasteiger partial charge in [0.05, 0.1) is 54.1 Å². The third-order valence-electron chi connectivity index (χ3n) is 8.38. The normalized spacial score (nSPS) is 27.4. The first-order valence-electron chi connectivity index (χ1n) is 12.6. The third kappa shape index (κ3) is 3.35. The summed E-state index contributed by atoms with van der Waals surface area (Å²) in [6, 6.07) is 17.8. The summed E-state index contributed by atoms with van der Waals surface area (Å²) in [5.74, 6) is -0.799. The van der Waals surface area contributed by atoms with Crippen LogP contribution in [-0.4, -0.2) is 43.0 Å². The number of ether oxygens (including phenoxy) is 3. The fourth-order valence-electron chi connectivity index (χ4n) is 6.63. The van der Waals surface area contributed by atoms with Gasteiger partial charge in [-0.25, -0.2) is 4.90 Å². The van der Waals surface area contributed by atoms with E-state index in [1.54, 1.807) is 30.3 Å². The van der Waals surface area contributed by atoms with E-state index < -0.39 is 23.0 Å². The lowest BCUT2D eigenvalue weighted by Gasteiger charge is -2.31. The molecule has 3 heterocycles. The number of amides is 2. The van der Waals surface area contributed by atoms with E-state index in [1.165, 1.54) is 12.0 Å². The molecule has 0 aliphatic carbocycles. The highest BCUT2D eigenvalue weighted by atomic mass is 16.5. The lowest BCUT2D eigenvalue weighted by molar-refractivity contribution is -0.131. The zero-order valence-electron chi connectivity index (χ0n) is 21.1. The Kier molecular flexibility index (Phi) is 5.51. The number of hydrogen-bond acceptors (Lipinski definition) is 7. The van der Waals surface area contributed by atoms with E-state index in [1.807, 2.05) is 31.2 Å². The van der Waals surface area contributed by atoms with Crippen LogP contribution in [0.15, 0.2) is 54.6 Å². The minimum atomic E-state index is -0.820. The molecular weight excluding hydrogens is 484 g/mol. The number of carbonyl (C=O) groups is 3. The van der Waals surface area contributed by atoms with Crippen LogP contribution >= 0.6 is 0 Å². The van der Waals surface area contributed by atoms with E-state index in [-0.39, 0.29) is 18.4 Å². The number of hydrogen-bond donors (Lipinski definition) is 0. The molecule has 0 spiro atoms. The van der Waals surface area contributed by atoms with Gasteiger partial charge < -0.3 is 14.2 Å². The van der Waals surface area contributed by atoms with Crippen molar-refractivity contribution in [2.75, 3.05) is 18.6 Å². The number of carbonyl (C=O) groups excluding carboxylic acids is 3. The summed E-state index contributed by atoms with van der Waals surface area (Å²) in [6.07, 6.45) is 2.48. The largest absolute Gasteiger partial charge is 0.493 e. The van der Waals surface area contributed by atoms with E-state index in [0.29, 0.717) is 58.3 Å². The molecule has 0 radical (unpaired) electrons. The van der Waals surface area contributed by atoms with Crippen molar-refractivity contribution in [3.63, 3.8) is 0 Å². The van der Waals surface area contributed by atoms with Gasteiger partial charge in [-0.1, -0.05) is 24.3 Å². The molecule has 0 aromatic heterocycles. The zero-order valence-corrected chi connectivity index (χ0v) is 21.1. The Bertz CT molecular complexity index is 1540. The summed E-state index contributed by atoms with van der Waals surface area (Å²) in [5, 5.41) is 10.9. The molecule has 3 aromatic carbocycles. The molecule has 3 aromatic rings. The molecule has 192 valence electrons. The molecule has 0 saturated carbocycles. The van der Waals surface area contributed by atoms with Gasteiger partial charge in [-0.05, 0) is 50.1 Å². The fraction of sp³-hybridized carbons (Fsp3) is 0.333. The molecule has 38 heavy (non-hydrogen) atoms. The molecule has 2 bridgehead atoms. The van der Waals surface area contributed by atoms with Crippen molar-refractivity contribution in [2.45, 2.75) is 37.4 Å². The van der Waals surface area contributed by atoms with Crippen molar-refractivity contribution in [2.24, 2.45) is 11.8 Å². The van der Waals surface area contributed by atoms with Crippen molar-refractivity contribution < 1.29 is 28.6 Å². The van der Waals surface area contributed by atoms with E-state index in [2.05, 4.69) is 6.07 Å². The van der Waals surface area contributed by atoms with Gasteiger partial charge in [0.15, 0.2) is 11.5 Å². The smallest absolute Gasteiger partial charge is 0.240 e. The second kappa shape index (κ2) is 8.67. The second-order valence-corrected chi connectivity index (χ2v) is 10.4. The molecule has 6 rings (SSSR count). The number of imide groups is 1. The zero-order chi connectivity index (χ0) is 26.7. The summed E-state index contributed by atoms with van der Waals surface area (Å²) in [4.78, 5) is 40.3. The van der Waals surface area contributed by atoms with Gasteiger partial charge in [0.1, 0.15) is 6.29 Å². The van der Waals surface area contributed by atoms with Crippen LogP contribution in [0.3, 0.4) is 0 Å². The van der Waals surface area contributed by atoms with Crippen LogP contribution < -0.4 is 14.4 Å². The molecule has 3 aliphatic heterocycles. The fourth-order valence-corrected chi connectivity index (χ4v) is 6.63. The second-order valence-electron chi connectivity index (χ2n) is 10.4. The average Bonchev–Trinajstić information content (AvgIpc) is 3.52. The first kappa shape index (κ1) is 24.1. The number of methoxy groups -OCH3 is 1. The lowest BCUT2D eigenvalue weighted by atomic mass is 9.67. The van der Waals surface area contributed by atoms with E-state index in [4.69, 9.17) is 14.2 Å². The van der Waals surface area contributed by atoms with Crippen LogP contribution in [0.4, 0.5) is 5.69 Å².